The lowest BCUT2D eigenvalue weighted by atomic mass is 10.1. The molecule has 0 aliphatic carbocycles. The fraction of sp³-hybridized carbons (Fsp3) is 0.412. The number of aromatic nitrogens is 1. The number of hydrogen-bond donors (Lipinski definition) is 0. The Balaban J connectivity index is 1.66. The fourth-order valence-electron chi connectivity index (χ4n) is 2.97. The quantitative estimate of drug-likeness (QED) is 0.592. The lowest BCUT2D eigenvalue weighted by molar-refractivity contribution is -0.384. The molecule has 1 aliphatic heterocycles. The number of nitro benzene ring substituents is 1. The summed E-state index contributed by atoms with van der Waals surface area (Å²) >= 11 is 0. The van der Waals surface area contributed by atoms with Gasteiger partial charge in [0.05, 0.1) is 29.8 Å². The van der Waals surface area contributed by atoms with Crippen molar-refractivity contribution in [2.75, 3.05) is 33.3 Å². The summed E-state index contributed by atoms with van der Waals surface area (Å²) in [4.78, 5) is 27.1. The number of aryl methyl sites for hydroxylation is 1. The topological polar surface area (TPSA) is 102 Å². The van der Waals surface area contributed by atoms with Crippen molar-refractivity contribution < 1.29 is 19.0 Å². The van der Waals surface area contributed by atoms with Gasteiger partial charge in [0.1, 0.15) is 5.75 Å². The molecule has 138 valence electrons. The maximum Gasteiger partial charge on any atom is 0.270 e. The third-order valence-corrected chi connectivity index (χ3v) is 4.34. The molecule has 0 atom stereocenters. The zero-order valence-electron chi connectivity index (χ0n) is 14.7. The molecule has 0 radical (unpaired) electrons. The van der Waals surface area contributed by atoms with Crippen LogP contribution < -0.4 is 4.74 Å². The molecule has 2 heterocycles. The minimum atomic E-state index is -0.520. The van der Waals surface area contributed by atoms with Gasteiger partial charge in [-0.05, 0) is 13.0 Å². The molecule has 3 rings (SSSR count). The fourth-order valence-corrected chi connectivity index (χ4v) is 2.97. The Morgan fingerprint density at radius 1 is 1.31 bits per heavy atom. The maximum atomic E-state index is 12.8. The van der Waals surface area contributed by atoms with Crippen molar-refractivity contribution in [3.63, 3.8) is 0 Å². The van der Waals surface area contributed by atoms with Gasteiger partial charge in [-0.25, -0.2) is 0 Å². The van der Waals surface area contributed by atoms with Gasteiger partial charge in [0, 0.05) is 44.4 Å². The lowest BCUT2D eigenvalue weighted by Gasteiger charge is -2.34. The number of carbonyl (C=O) groups is 1. The maximum absolute atomic E-state index is 12.8. The first-order valence-corrected chi connectivity index (χ1v) is 8.24. The minimum absolute atomic E-state index is 0.131. The molecule has 0 unspecified atom stereocenters. The standard InChI is InChI=1S/C17H20N4O5/c1-12-9-14(26-18-12)11-19-5-7-20(8-6-19)17(22)15-10-13(21(23)24)3-4-16(15)25-2/h3-4,9-10H,5-8,11H2,1-2H3. The van der Waals surface area contributed by atoms with Crippen molar-refractivity contribution in [2.24, 2.45) is 0 Å². The predicted molar refractivity (Wildman–Crippen MR) is 92.1 cm³/mol. The zero-order chi connectivity index (χ0) is 18.7. The van der Waals surface area contributed by atoms with E-state index in [1.165, 1.54) is 25.3 Å². The minimum Gasteiger partial charge on any atom is -0.496 e. The van der Waals surface area contributed by atoms with E-state index < -0.39 is 4.92 Å². The number of non-ortho nitro benzene ring substituents is 1. The van der Waals surface area contributed by atoms with E-state index in [4.69, 9.17) is 9.26 Å². The van der Waals surface area contributed by atoms with E-state index in [0.29, 0.717) is 38.5 Å². The van der Waals surface area contributed by atoms with Crippen molar-refractivity contribution in [1.82, 2.24) is 15.0 Å². The smallest absolute Gasteiger partial charge is 0.270 e. The first-order chi connectivity index (χ1) is 12.5. The Morgan fingerprint density at radius 3 is 2.62 bits per heavy atom. The number of ether oxygens (including phenoxy) is 1. The number of amides is 1. The molecule has 1 amide bonds. The van der Waals surface area contributed by atoms with Crippen LogP contribution in [-0.2, 0) is 6.54 Å². The molecular weight excluding hydrogens is 340 g/mol. The molecule has 0 bridgehead atoms. The summed E-state index contributed by atoms with van der Waals surface area (Å²) < 4.78 is 10.4. The molecule has 2 aromatic rings. The molecule has 0 spiro atoms. The molecule has 1 aromatic carbocycles. The van der Waals surface area contributed by atoms with Crippen LogP contribution in [-0.4, -0.2) is 59.1 Å². The molecule has 1 saturated heterocycles. The Hall–Kier alpha value is -2.94. The number of carbonyl (C=O) groups excluding carboxylic acids is 1. The monoisotopic (exact) mass is 360 g/mol. The number of methoxy groups -OCH3 is 1. The summed E-state index contributed by atoms with van der Waals surface area (Å²) in [7, 11) is 1.44. The summed E-state index contributed by atoms with van der Waals surface area (Å²) in [6.45, 7) is 4.93. The van der Waals surface area contributed by atoms with Crippen LogP contribution in [0, 0.1) is 17.0 Å². The highest BCUT2D eigenvalue weighted by atomic mass is 16.6. The second kappa shape index (κ2) is 7.52. The van der Waals surface area contributed by atoms with E-state index in [0.717, 1.165) is 11.5 Å². The molecule has 9 heteroatoms. The first-order valence-electron chi connectivity index (χ1n) is 8.24. The van der Waals surface area contributed by atoms with Crippen LogP contribution in [0.5, 0.6) is 5.75 Å². The van der Waals surface area contributed by atoms with Gasteiger partial charge in [-0.3, -0.25) is 19.8 Å². The number of rotatable bonds is 5. The summed E-state index contributed by atoms with van der Waals surface area (Å²) in [5.41, 5.74) is 0.918. The van der Waals surface area contributed by atoms with Crippen LogP contribution in [0.3, 0.4) is 0 Å². The Kier molecular flexibility index (Phi) is 5.17. The van der Waals surface area contributed by atoms with Gasteiger partial charge in [0.25, 0.3) is 11.6 Å². The van der Waals surface area contributed by atoms with Crippen LogP contribution >= 0.6 is 0 Å². The summed E-state index contributed by atoms with van der Waals surface area (Å²) in [6, 6.07) is 5.94. The van der Waals surface area contributed by atoms with Crippen molar-refractivity contribution in [1.29, 1.82) is 0 Å². The van der Waals surface area contributed by atoms with Crippen LogP contribution in [0.4, 0.5) is 5.69 Å². The van der Waals surface area contributed by atoms with Gasteiger partial charge >= 0.3 is 0 Å². The molecule has 0 N–H and O–H groups in total. The van der Waals surface area contributed by atoms with E-state index in [1.807, 2.05) is 13.0 Å². The number of benzene rings is 1. The van der Waals surface area contributed by atoms with Crippen LogP contribution in [0.1, 0.15) is 21.8 Å². The molecule has 26 heavy (non-hydrogen) atoms. The molecule has 1 aromatic heterocycles. The molecule has 9 nitrogen and oxygen atoms in total. The van der Waals surface area contributed by atoms with Crippen molar-refractivity contribution in [3.8, 4) is 5.75 Å². The predicted octanol–water partition coefficient (Wildman–Crippen LogP) is 1.86. The number of hydrogen-bond acceptors (Lipinski definition) is 7. The third kappa shape index (κ3) is 3.83. The summed E-state index contributed by atoms with van der Waals surface area (Å²) in [5.74, 6) is 0.864. The van der Waals surface area contributed by atoms with E-state index >= 15 is 0 Å². The van der Waals surface area contributed by atoms with E-state index in [-0.39, 0.29) is 17.2 Å². The summed E-state index contributed by atoms with van der Waals surface area (Å²) in [6.07, 6.45) is 0. The van der Waals surface area contributed by atoms with Gasteiger partial charge < -0.3 is 14.2 Å². The average molecular weight is 360 g/mol. The van der Waals surface area contributed by atoms with E-state index in [9.17, 15) is 14.9 Å². The third-order valence-electron chi connectivity index (χ3n) is 4.34. The largest absolute Gasteiger partial charge is 0.496 e. The Morgan fingerprint density at radius 2 is 2.04 bits per heavy atom. The van der Waals surface area contributed by atoms with E-state index in [2.05, 4.69) is 10.1 Å². The SMILES string of the molecule is COc1ccc([N+](=O)[O-])cc1C(=O)N1CCN(Cc2cc(C)no2)CC1. The Bertz CT molecular complexity index is 811. The lowest BCUT2D eigenvalue weighted by Crippen LogP contribution is -2.48. The van der Waals surface area contributed by atoms with Gasteiger partial charge in [-0.2, -0.15) is 0 Å². The van der Waals surface area contributed by atoms with Gasteiger partial charge in [0.2, 0.25) is 0 Å². The Labute approximate surface area is 150 Å². The number of nitro groups is 1. The van der Waals surface area contributed by atoms with Crippen LogP contribution in [0.2, 0.25) is 0 Å². The highest BCUT2D eigenvalue weighted by molar-refractivity contribution is 5.97. The van der Waals surface area contributed by atoms with Crippen molar-refractivity contribution in [3.05, 3.63) is 51.4 Å². The molecule has 1 fully saturated rings. The summed E-state index contributed by atoms with van der Waals surface area (Å²) in [5, 5.41) is 14.9. The molecular formula is C17H20N4O5. The van der Waals surface area contributed by atoms with Crippen LogP contribution in [0.15, 0.2) is 28.8 Å². The van der Waals surface area contributed by atoms with Gasteiger partial charge in [0.15, 0.2) is 5.76 Å². The number of piperazine rings is 1. The molecule has 0 saturated carbocycles. The second-order valence-corrected chi connectivity index (χ2v) is 6.14. The van der Waals surface area contributed by atoms with Crippen LogP contribution in [0.25, 0.3) is 0 Å². The number of nitrogens with zero attached hydrogens (tertiary/aromatic N) is 4. The van der Waals surface area contributed by atoms with Crippen molar-refractivity contribution in [2.45, 2.75) is 13.5 Å². The molecule has 1 aliphatic rings. The van der Waals surface area contributed by atoms with Gasteiger partial charge in [-0.1, -0.05) is 5.16 Å². The average Bonchev–Trinajstić information content (AvgIpc) is 3.06. The van der Waals surface area contributed by atoms with E-state index in [1.54, 1.807) is 4.90 Å². The zero-order valence-corrected chi connectivity index (χ0v) is 14.7. The van der Waals surface area contributed by atoms with Gasteiger partial charge in [-0.15, -0.1) is 0 Å². The second-order valence-electron chi connectivity index (χ2n) is 6.14. The highest BCUT2D eigenvalue weighted by Gasteiger charge is 2.26. The normalized spacial score (nSPS) is 15.1. The highest BCUT2D eigenvalue weighted by Crippen LogP contribution is 2.26. The van der Waals surface area contributed by atoms with Crippen molar-refractivity contribution >= 4 is 11.6 Å². The first kappa shape index (κ1) is 17.9.